The maximum absolute atomic E-state index is 12.7. The lowest BCUT2D eigenvalue weighted by Gasteiger charge is -2.23. The molecule has 28 heavy (non-hydrogen) atoms. The summed E-state index contributed by atoms with van der Waals surface area (Å²) >= 11 is 1.60. The topological polar surface area (TPSA) is 67.2 Å². The molecule has 2 aromatic carbocycles. The van der Waals surface area contributed by atoms with Crippen LogP contribution in [0.3, 0.4) is 0 Å². The number of nitrogens with one attached hydrogen (secondary N) is 1. The third-order valence-corrected chi connectivity index (χ3v) is 5.65. The van der Waals surface area contributed by atoms with Crippen molar-refractivity contribution in [1.82, 2.24) is 20.0 Å². The molecule has 4 rings (SSSR count). The summed E-state index contributed by atoms with van der Waals surface area (Å²) in [6, 6.07) is 18.4. The zero-order chi connectivity index (χ0) is 19.3. The molecule has 1 fully saturated rings. The smallest absolute Gasteiger partial charge is 0.255 e. The molecule has 1 unspecified atom stereocenters. The van der Waals surface area contributed by atoms with Crippen molar-refractivity contribution >= 4 is 23.6 Å². The molecular formula is C21H20N4O2S. The van der Waals surface area contributed by atoms with Crippen LogP contribution in [0.25, 0.3) is 5.69 Å². The van der Waals surface area contributed by atoms with Gasteiger partial charge < -0.3 is 10.2 Å². The number of rotatable bonds is 5. The molecule has 1 aliphatic heterocycles. The molecule has 2 amide bonds. The van der Waals surface area contributed by atoms with E-state index in [0.717, 1.165) is 11.3 Å². The zero-order valence-corrected chi connectivity index (χ0v) is 16.0. The van der Waals surface area contributed by atoms with Gasteiger partial charge in [-0.1, -0.05) is 30.3 Å². The number of hydrogen-bond acceptors (Lipinski definition) is 4. The molecule has 142 valence electrons. The van der Waals surface area contributed by atoms with Gasteiger partial charge in [-0.15, -0.1) is 11.8 Å². The van der Waals surface area contributed by atoms with Gasteiger partial charge in [0.2, 0.25) is 5.91 Å². The van der Waals surface area contributed by atoms with Crippen molar-refractivity contribution in [3.8, 4) is 5.69 Å². The average Bonchev–Trinajstić information content (AvgIpc) is 3.45. The Labute approximate surface area is 167 Å². The van der Waals surface area contributed by atoms with E-state index in [1.54, 1.807) is 39.7 Å². The quantitative estimate of drug-likeness (QED) is 0.725. The Morgan fingerprint density at radius 3 is 2.57 bits per heavy atom. The first kappa shape index (κ1) is 18.3. The molecule has 1 N–H and O–H groups in total. The largest absolute Gasteiger partial charge is 0.350 e. The van der Waals surface area contributed by atoms with Crippen LogP contribution in [0.5, 0.6) is 0 Å². The van der Waals surface area contributed by atoms with Crippen LogP contribution in [0, 0.1) is 0 Å². The summed E-state index contributed by atoms with van der Waals surface area (Å²) in [7, 11) is 0. The Bertz CT molecular complexity index is 942. The van der Waals surface area contributed by atoms with Crippen LogP contribution in [0.15, 0.2) is 73.1 Å². The zero-order valence-electron chi connectivity index (χ0n) is 15.2. The van der Waals surface area contributed by atoms with E-state index in [-0.39, 0.29) is 11.8 Å². The number of thioether (sulfide) groups is 1. The molecule has 0 bridgehead atoms. The second-order valence-electron chi connectivity index (χ2n) is 6.49. The molecule has 1 atom stereocenters. The lowest BCUT2D eigenvalue weighted by molar-refractivity contribution is -0.124. The van der Waals surface area contributed by atoms with Crippen molar-refractivity contribution in [3.05, 3.63) is 84.2 Å². The molecule has 0 radical (unpaired) electrons. The van der Waals surface area contributed by atoms with Crippen molar-refractivity contribution in [1.29, 1.82) is 0 Å². The van der Waals surface area contributed by atoms with E-state index in [1.165, 1.54) is 0 Å². The fraction of sp³-hybridized carbons (Fsp3) is 0.190. The van der Waals surface area contributed by atoms with Gasteiger partial charge in [-0.2, -0.15) is 5.10 Å². The number of carbonyl (C=O) groups is 2. The number of carbonyl (C=O) groups excluding carboxylic acids is 2. The molecule has 0 aliphatic carbocycles. The monoisotopic (exact) mass is 392 g/mol. The van der Waals surface area contributed by atoms with Crippen molar-refractivity contribution in [2.24, 2.45) is 0 Å². The van der Waals surface area contributed by atoms with Gasteiger partial charge in [-0.25, -0.2) is 4.68 Å². The van der Waals surface area contributed by atoms with Crippen LogP contribution in [-0.2, 0) is 11.3 Å². The number of benzene rings is 2. The van der Waals surface area contributed by atoms with Gasteiger partial charge in [0.1, 0.15) is 6.04 Å². The molecule has 0 spiro atoms. The van der Waals surface area contributed by atoms with Crippen molar-refractivity contribution < 1.29 is 9.59 Å². The van der Waals surface area contributed by atoms with Gasteiger partial charge >= 0.3 is 0 Å². The molecule has 6 nitrogen and oxygen atoms in total. The number of aromatic nitrogens is 2. The van der Waals surface area contributed by atoms with E-state index >= 15 is 0 Å². The highest BCUT2D eigenvalue weighted by Gasteiger charge is 2.34. The maximum Gasteiger partial charge on any atom is 0.255 e. The first-order valence-corrected chi connectivity index (χ1v) is 10.2. The summed E-state index contributed by atoms with van der Waals surface area (Å²) in [5, 5.41) is 7.16. The SMILES string of the molecule is O=C(NCc1ccc(-n2cccn2)cc1)C1CSCN1C(=O)c1ccccc1. The maximum atomic E-state index is 12.7. The first-order chi connectivity index (χ1) is 13.7. The lowest BCUT2D eigenvalue weighted by atomic mass is 10.1. The Hall–Kier alpha value is -3.06. The average molecular weight is 392 g/mol. The predicted molar refractivity (Wildman–Crippen MR) is 109 cm³/mol. The minimum Gasteiger partial charge on any atom is -0.350 e. The third kappa shape index (κ3) is 3.94. The van der Waals surface area contributed by atoms with Gasteiger partial charge in [-0.05, 0) is 35.9 Å². The summed E-state index contributed by atoms with van der Waals surface area (Å²) in [6.45, 7) is 0.423. The molecule has 1 saturated heterocycles. The van der Waals surface area contributed by atoms with Crippen LogP contribution in [0.1, 0.15) is 15.9 Å². The normalized spacial score (nSPS) is 16.1. The van der Waals surface area contributed by atoms with Crippen LogP contribution < -0.4 is 5.32 Å². The van der Waals surface area contributed by atoms with Crippen molar-refractivity contribution in [2.75, 3.05) is 11.6 Å². The van der Waals surface area contributed by atoms with Gasteiger partial charge in [0, 0.05) is 30.3 Å². The van der Waals surface area contributed by atoms with Crippen LogP contribution in [0.2, 0.25) is 0 Å². The van der Waals surface area contributed by atoms with E-state index < -0.39 is 6.04 Å². The Morgan fingerprint density at radius 1 is 1.07 bits per heavy atom. The standard InChI is InChI=1S/C21H20N4O2S/c26-20(19-14-28-15-24(19)21(27)17-5-2-1-3-6-17)22-13-16-7-9-18(10-8-16)25-12-4-11-23-25/h1-12,19H,13-15H2,(H,22,26). The first-order valence-electron chi connectivity index (χ1n) is 9.03. The lowest BCUT2D eigenvalue weighted by Crippen LogP contribution is -2.47. The molecule has 1 aromatic heterocycles. The van der Waals surface area contributed by atoms with Gasteiger partial charge in [0.25, 0.3) is 5.91 Å². The minimum atomic E-state index is -0.443. The van der Waals surface area contributed by atoms with Gasteiger partial charge in [-0.3, -0.25) is 9.59 Å². The Morgan fingerprint density at radius 2 is 1.86 bits per heavy atom. The second-order valence-corrected chi connectivity index (χ2v) is 7.49. The molecule has 0 saturated carbocycles. The fourth-order valence-electron chi connectivity index (χ4n) is 3.10. The number of nitrogens with zero attached hydrogens (tertiary/aromatic N) is 3. The summed E-state index contributed by atoms with van der Waals surface area (Å²) in [5.41, 5.74) is 2.57. The number of hydrogen-bond donors (Lipinski definition) is 1. The van der Waals surface area contributed by atoms with E-state index in [4.69, 9.17) is 0 Å². The second kappa shape index (κ2) is 8.31. The highest BCUT2D eigenvalue weighted by Crippen LogP contribution is 2.23. The van der Waals surface area contributed by atoms with Gasteiger partial charge in [0.15, 0.2) is 0 Å². The summed E-state index contributed by atoms with van der Waals surface area (Å²) < 4.78 is 1.78. The van der Waals surface area contributed by atoms with Gasteiger partial charge in [0.05, 0.1) is 11.6 Å². The molecule has 3 aromatic rings. The predicted octanol–water partition coefficient (Wildman–Crippen LogP) is 2.70. The van der Waals surface area contributed by atoms with Crippen LogP contribution >= 0.6 is 11.8 Å². The summed E-state index contributed by atoms with van der Waals surface area (Å²) in [5.74, 6) is 0.923. The molecule has 1 aliphatic rings. The number of amides is 2. The highest BCUT2D eigenvalue weighted by molar-refractivity contribution is 7.99. The summed E-state index contributed by atoms with van der Waals surface area (Å²) in [6.07, 6.45) is 3.61. The Balaban J connectivity index is 1.37. The van der Waals surface area contributed by atoms with Crippen LogP contribution in [0.4, 0.5) is 0 Å². The molecule has 7 heteroatoms. The summed E-state index contributed by atoms with van der Waals surface area (Å²) in [4.78, 5) is 27.0. The van der Waals surface area contributed by atoms with E-state index in [2.05, 4.69) is 10.4 Å². The minimum absolute atomic E-state index is 0.102. The van der Waals surface area contributed by atoms with Crippen molar-refractivity contribution in [2.45, 2.75) is 12.6 Å². The highest BCUT2D eigenvalue weighted by atomic mass is 32.2. The van der Waals surface area contributed by atoms with E-state index in [0.29, 0.717) is 23.7 Å². The van der Waals surface area contributed by atoms with E-state index in [9.17, 15) is 9.59 Å². The molecular weight excluding hydrogens is 372 g/mol. The third-order valence-electron chi connectivity index (χ3n) is 4.64. The van der Waals surface area contributed by atoms with Crippen molar-refractivity contribution in [3.63, 3.8) is 0 Å². The van der Waals surface area contributed by atoms with Crippen LogP contribution in [-0.4, -0.2) is 44.2 Å². The fourth-order valence-corrected chi connectivity index (χ4v) is 4.26. The Kier molecular flexibility index (Phi) is 5.43. The molecule has 2 heterocycles. The van der Waals surface area contributed by atoms with E-state index in [1.807, 2.05) is 54.7 Å².